The monoisotopic (exact) mass is 330 g/mol. The van der Waals surface area contributed by atoms with Crippen LogP contribution in [0.1, 0.15) is 31.4 Å². The number of nitrogens with zero attached hydrogens (tertiary/aromatic N) is 2. The van der Waals surface area contributed by atoms with Gasteiger partial charge in [0.25, 0.3) is 0 Å². The molecule has 2 heterocycles. The molecular formula is C19H26N2O3. The first-order valence-corrected chi connectivity index (χ1v) is 8.61. The van der Waals surface area contributed by atoms with Crippen molar-refractivity contribution >= 4 is 11.9 Å². The molecule has 0 N–H and O–H groups in total. The van der Waals surface area contributed by atoms with Crippen LogP contribution < -0.4 is 0 Å². The summed E-state index contributed by atoms with van der Waals surface area (Å²) in [6.45, 7) is 4.95. The smallest absolute Gasteiger partial charge is 0.318 e. The lowest BCUT2D eigenvalue weighted by Gasteiger charge is -2.47. The van der Waals surface area contributed by atoms with E-state index in [1.807, 2.05) is 31.1 Å². The highest BCUT2D eigenvalue weighted by Crippen LogP contribution is 2.48. The van der Waals surface area contributed by atoms with Gasteiger partial charge in [-0.1, -0.05) is 24.3 Å². The number of benzene rings is 1. The fourth-order valence-electron chi connectivity index (χ4n) is 4.38. The summed E-state index contributed by atoms with van der Waals surface area (Å²) in [4.78, 5) is 29.4. The Labute approximate surface area is 143 Å². The minimum Gasteiger partial charge on any atom is -0.465 e. The lowest BCUT2D eigenvalue weighted by Crippen LogP contribution is -2.55. The third-order valence-electron chi connectivity index (χ3n) is 5.23. The molecule has 1 fully saturated rings. The molecule has 0 spiro atoms. The summed E-state index contributed by atoms with van der Waals surface area (Å²) in [5.74, 6) is -1.16. The molecule has 2 aliphatic rings. The number of hydrogen-bond acceptors (Lipinski definition) is 4. The van der Waals surface area contributed by atoms with E-state index in [4.69, 9.17) is 4.74 Å². The van der Waals surface area contributed by atoms with E-state index in [0.29, 0.717) is 13.0 Å². The molecule has 0 bridgehead atoms. The molecule has 3 rings (SSSR count). The molecule has 0 radical (unpaired) electrons. The summed E-state index contributed by atoms with van der Waals surface area (Å²) in [5.41, 5.74) is 2.00. The maximum atomic E-state index is 13.1. The van der Waals surface area contributed by atoms with E-state index in [2.05, 4.69) is 24.0 Å². The molecule has 3 atom stereocenters. The van der Waals surface area contributed by atoms with Gasteiger partial charge < -0.3 is 14.5 Å². The lowest BCUT2D eigenvalue weighted by atomic mass is 9.78. The van der Waals surface area contributed by atoms with Crippen LogP contribution in [0, 0.1) is 5.92 Å². The van der Waals surface area contributed by atoms with E-state index in [1.54, 1.807) is 6.92 Å². The van der Waals surface area contributed by atoms with E-state index in [-0.39, 0.29) is 17.9 Å². The van der Waals surface area contributed by atoms with Crippen LogP contribution in [0.2, 0.25) is 0 Å². The normalized spacial score (nSPS) is 28.7. The minimum atomic E-state index is -0.689. The molecule has 24 heavy (non-hydrogen) atoms. The highest BCUT2D eigenvalue weighted by atomic mass is 16.5. The Morgan fingerprint density at radius 1 is 1.38 bits per heavy atom. The first-order valence-electron chi connectivity index (χ1n) is 8.61. The Hall–Kier alpha value is -1.88. The highest BCUT2D eigenvalue weighted by molar-refractivity contribution is 6.00. The predicted molar refractivity (Wildman–Crippen MR) is 91.4 cm³/mol. The number of esters is 1. The van der Waals surface area contributed by atoms with Crippen molar-refractivity contribution < 1.29 is 14.3 Å². The van der Waals surface area contributed by atoms with E-state index >= 15 is 0 Å². The van der Waals surface area contributed by atoms with Crippen LogP contribution >= 0.6 is 0 Å². The Morgan fingerprint density at radius 3 is 2.75 bits per heavy atom. The van der Waals surface area contributed by atoms with Crippen LogP contribution in [0.15, 0.2) is 24.3 Å². The topological polar surface area (TPSA) is 49.9 Å². The zero-order valence-corrected chi connectivity index (χ0v) is 14.9. The number of rotatable bonds is 4. The van der Waals surface area contributed by atoms with Gasteiger partial charge in [-0.15, -0.1) is 0 Å². The van der Waals surface area contributed by atoms with Crippen LogP contribution in [0.4, 0.5) is 0 Å². The second-order valence-electron chi connectivity index (χ2n) is 7.27. The van der Waals surface area contributed by atoms with Crippen molar-refractivity contribution in [2.45, 2.75) is 38.3 Å². The molecule has 1 amide bonds. The van der Waals surface area contributed by atoms with Crippen molar-refractivity contribution in [1.29, 1.82) is 0 Å². The summed E-state index contributed by atoms with van der Waals surface area (Å²) >= 11 is 0. The fourth-order valence-corrected chi connectivity index (χ4v) is 4.38. The molecule has 0 aliphatic carbocycles. The number of hydrogen-bond donors (Lipinski definition) is 0. The Balaban J connectivity index is 2.04. The first-order chi connectivity index (χ1) is 11.4. The van der Waals surface area contributed by atoms with Gasteiger partial charge in [-0.2, -0.15) is 0 Å². The Morgan fingerprint density at radius 2 is 2.08 bits per heavy atom. The highest BCUT2D eigenvalue weighted by Gasteiger charge is 2.56. The first kappa shape index (κ1) is 17.0. The molecule has 0 aromatic heterocycles. The third kappa shape index (κ3) is 2.61. The Kier molecular flexibility index (Phi) is 4.38. The minimum absolute atomic E-state index is 0.0758. The maximum absolute atomic E-state index is 13.1. The largest absolute Gasteiger partial charge is 0.465 e. The van der Waals surface area contributed by atoms with Gasteiger partial charge in [0.15, 0.2) is 0 Å². The molecule has 0 saturated carbocycles. The second-order valence-corrected chi connectivity index (χ2v) is 7.27. The number of ether oxygens (including phenoxy) is 1. The summed E-state index contributed by atoms with van der Waals surface area (Å²) < 4.78 is 5.15. The predicted octanol–water partition coefficient (Wildman–Crippen LogP) is 1.80. The molecular weight excluding hydrogens is 304 g/mol. The fraction of sp³-hybridized carbons (Fsp3) is 0.579. The van der Waals surface area contributed by atoms with Gasteiger partial charge in [0, 0.05) is 12.6 Å². The molecule has 2 aliphatic heterocycles. The van der Waals surface area contributed by atoms with E-state index in [1.165, 1.54) is 11.1 Å². The van der Waals surface area contributed by atoms with Crippen LogP contribution in [0.5, 0.6) is 0 Å². The SMILES string of the molecule is CCOC(=O)C1C[C@]2(C)c3ccccc3C[C@@H](CN(C)C)N2C1=O. The van der Waals surface area contributed by atoms with Crippen LogP contribution in [0.3, 0.4) is 0 Å². The van der Waals surface area contributed by atoms with Gasteiger partial charge in [-0.05, 0) is 51.9 Å². The quantitative estimate of drug-likeness (QED) is 0.624. The summed E-state index contributed by atoms with van der Waals surface area (Å²) in [5, 5.41) is 0. The average molecular weight is 330 g/mol. The molecule has 1 unspecified atom stereocenters. The lowest BCUT2D eigenvalue weighted by molar-refractivity contribution is -0.153. The van der Waals surface area contributed by atoms with Gasteiger partial charge in [-0.25, -0.2) is 0 Å². The third-order valence-corrected chi connectivity index (χ3v) is 5.23. The van der Waals surface area contributed by atoms with E-state index in [0.717, 1.165) is 13.0 Å². The van der Waals surface area contributed by atoms with Crippen molar-refractivity contribution in [2.75, 3.05) is 27.2 Å². The van der Waals surface area contributed by atoms with Gasteiger partial charge >= 0.3 is 5.97 Å². The molecule has 5 nitrogen and oxygen atoms in total. The molecule has 130 valence electrons. The van der Waals surface area contributed by atoms with Crippen LogP contribution in [0.25, 0.3) is 0 Å². The zero-order chi connectivity index (χ0) is 17.5. The van der Waals surface area contributed by atoms with Gasteiger partial charge in [0.2, 0.25) is 5.91 Å². The van der Waals surface area contributed by atoms with Crippen molar-refractivity contribution in [3.63, 3.8) is 0 Å². The molecule has 1 saturated heterocycles. The van der Waals surface area contributed by atoms with E-state index in [9.17, 15) is 9.59 Å². The van der Waals surface area contributed by atoms with Crippen molar-refractivity contribution in [3.05, 3.63) is 35.4 Å². The summed E-state index contributed by atoms with van der Waals surface area (Å²) in [6.07, 6.45) is 1.32. The molecule has 5 heteroatoms. The number of amides is 1. The van der Waals surface area contributed by atoms with Gasteiger partial charge in [0.1, 0.15) is 5.92 Å². The standard InChI is InChI=1S/C19H26N2O3/c1-5-24-18(23)15-11-19(2)16-9-7-6-8-13(16)10-14(12-20(3)4)21(19)17(15)22/h6-9,14-15H,5,10-12H2,1-4H3/t14-,15?,19+/m0/s1. The van der Waals surface area contributed by atoms with Crippen molar-refractivity contribution in [2.24, 2.45) is 5.92 Å². The zero-order valence-electron chi connectivity index (χ0n) is 14.9. The summed E-state index contributed by atoms with van der Waals surface area (Å²) in [7, 11) is 4.03. The number of carbonyl (C=O) groups excluding carboxylic acids is 2. The molecule has 1 aromatic rings. The second kappa shape index (κ2) is 6.20. The van der Waals surface area contributed by atoms with E-state index < -0.39 is 11.5 Å². The van der Waals surface area contributed by atoms with Crippen molar-refractivity contribution in [3.8, 4) is 0 Å². The number of carbonyl (C=O) groups is 2. The van der Waals surface area contributed by atoms with Crippen LogP contribution in [-0.2, 0) is 26.3 Å². The summed E-state index contributed by atoms with van der Waals surface area (Å²) in [6, 6.07) is 8.37. The van der Waals surface area contributed by atoms with Crippen LogP contribution in [-0.4, -0.2) is 55.0 Å². The van der Waals surface area contributed by atoms with Gasteiger partial charge in [-0.3, -0.25) is 9.59 Å². The Bertz CT molecular complexity index is 658. The number of fused-ring (bicyclic) bond motifs is 3. The average Bonchev–Trinajstić information content (AvgIpc) is 2.80. The number of likely N-dealkylation sites (N-methyl/N-ethyl adjacent to an activating group) is 1. The van der Waals surface area contributed by atoms with Crippen molar-refractivity contribution in [1.82, 2.24) is 9.80 Å². The maximum Gasteiger partial charge on any atom is 0.318 e. The molecule has 1 aromatic carbocycles. The van der Waals surface area contributed by atoms with Gasteiger partial charge in [0.05, 0.1) is 12.1 Å².